The summed E-state index contributed by atoms with van der Waals surface area (Å²) in [6, 6.07) is 10.5. The van der Waals surface area contributed by atoms with E-state index < -0.39 is 0 Å². The number of thioether (sulfide) groups is 1. The molecule has 1 aromatic carbocycles. The second kappa shape index (κ2) is 5.32. The molecule has 2 rings (SSSR count). The van der Waals surface area contributed by atoms with E-state index in [1.165, 1.54) is 16.9 Å². The van der Waals surface area contributed by atoms with Gasteiger partial charge in [0.15, 0.2) is 4.34 Å². The zero-order valence-corrected chi connectivity index (χ0v) is 10.6. The Kier molecular flexibility index (Phi) is 3.79. The molecule has 16 heavy (non-hydrogen) atoms. The zero-order valence-electron chi connectivity index (χ0n) is 8.96. The lowest BCUT2D eigenvalue weighted by atomic mass is 10.0. The molecule has 1 atom stereocenters. The van der Waals surface area contributed by atoms with Crippen LogP contribution < -0.4 is 5.73 Å². The van der Waals surface area contributed by atoms with Crippen LogP contribution >= 0.6 is 23.1 Å². The van der Waals surface area contributed by atoms with E-state index in [1.807, 2.05) is 6.07 Å². The van der Waals surface area contributed by atoms with Crippen molar-refractivity contribution in [2.24, 2.45) is 0 Å². The molecule has 1 heterocycles. The topological polar surface area (TPSA) is 51.8 Å². The highest BCUT2D eigenvalue weighted by atomic mass is 32.2. The summed E-state index contributed by atoms with van der Waals surface area (Å²) < 4.78 is 0.945. The van der Waals surface area contributed by atoms with Gasteiger partial charge in [-0.3, -0.25) is 0 Å². The molecule has 0 aliphatic carbocycles. The minimum Gasteiger partial charge on any atom is -0.374 e. The lowest BCUT2D eigenvalue weighted by Crippen LogP contribution is -1.95. The fourth-order valence-corrected chi connectivity index (χ4v) is 3.07. The number of benzene rings is 1. The Morgan fingerprint density at radius 2 is 2.06 bits per heavy atom. The fraction of sp³-hybridized carbons (Fsp3) is 0.273. The first kappa shape index (κ1) is 11.4. The summed E-state index contributed by atoms with van der Waals surface area (Å²) in [6.45, 7) is 2.22. The average molecular weight is 251 g/mol. The summed E-state index contributed by atoms with van der Waals surface area (Å²) in [5.74, 6) is 1.51. The van der Waals surface area contributed by atoms with Gasteiger partial charge in [-0.15, -0.1) is 10.2 Å². The van der Waals surface area contributed by atoms with Crippen LogP contribution in [0.1, 0.15) is 18.4 Å². The largest absolute Gasteiger partial charge is 0.374 e. The summed E-state index contributed by atoms with van der Waals surface area (Å²) >= 11 is 3.15. The third-order valence-corrected chi connectivity index (χ3v) is 4.39. The lowest BCUT2D eigenvalue weighted by molar-refractivity contribution is 0.878. The fourth-order valence-electron chi connectivity index (χ4n) is 1.35. The van der Waals surface area contributed by atoms with Crippen LogP contribution in [0.15, 0.2) is 34.7 Å². The Morgan fingerprint density at radius 3 is 2.69 bits per heavy atom. The molecule has 2 N–H and O–H groups in total. The molecule has 2 aromatic rings. The monoisotopic (exact) mass is 251 g/mol. The van der Waals surface area contributed by atoms with Gasteiger partial charge in [0, 0.05) is 5.75 Å². The van der Waals surface area contributed by atoms with Gasteiger partial charge < -0.3 is 5.73 Å². The molecule has 3 nitrogen and oxygen atoms in total. The molecule has 0 aliphatic heterocycles. The minimum atomic E-state index is 0.510. The number of rotatable bonds is 4. The molecule has 0 radical (unpaired) electrons. The second-order valence-corrected chi connectivity index (χ2v) is 5.81. The molecular formula is C11H13N3S2. The molecule has 5 heteroatoms. The van der Waals surface area contributed by atoms with E-state index in [1.54, 1.807) is 11.8 Å². The van der Waals surface area contributed by atoms with Crippen molar-refractivity contribution in [2.75, 3.05) is 11.5 Å². The molecule has 0 spiro atoms. The highest BCUT2D eigenvalue weighted by Crippen LogP contribution is 2.28. The highest BCUT2D eigenvalue weighted by molar-refractivity contribution is 8.01. The van der Waals surface area contributed by atoms with Crippen molar-refractivity contribution in [1.29, 1.82) is 0 Å². The van der Waals surface area contributed by atoms with Gasteiger partial charge in [0.05, 0.1) is 0 Å². The summed E-state index contributed by atoms with van der Waals surface area (Å²) in [5.41, 5.74) is 6.88. The number of nitrogen functional groups attached to an aromatic ring is 1. The molecule has 0 fully saturated rings. The molecule has 0 saturated heterocycles. The van der Waals surface area contributed by atoms with Crippen LogP contribution in [0.25, 0.3) is 0 Å². The number of nitrogens with zero attached hydrogens (tertiary/aromatic N) is 2. The van der Waals surface area contributed by atoms with E-state index in [-0.39, 0.29) is 0 Å². The van der Waals surface area contributed by atoms with E-state index >= 15 is 0 Å². The first-order chi connectivity index (χ1) is 7.75. The summed E-state index contributed by atoms with van der Waals surface area (Å²) in [6.07, 6.45) is 0. The van der Waals surface area contributed by atoms with Gasteiger partial charge in [-0.1, -0.05) is 60.4 Å². The number of aromatic nitrogens is 2. The van der Waals surface area contributed by atoms with Crippen molar-refractivity contribution >= 4 is 28.2 Å². The quantitative estimate of drug-likeness (QED) is 0.849. The number of hydrogen-bond acceptors (Lipinski definition) is 5. The van der Waals surface area contributed by atoms with Gasteiger partial charge in [0.25, 0.3) is 0 Å². The third kappa shape index (κ3) is 2.96. The second-order valence-electron chi connectivity index (χ2n) is 3.53. The van der Waals surface area contributed by atoms with Crippen LogP contribution in [-0.4, -0.2) is 16.0 Å². The van der Waals surface area contributed by atoms with Gasteiger partial charge in [-0.05, 0) is 11.5 Å². The smallest absolute Gasteiger partial charge is 0.203 e. The molecule has 1 aromatic heterocycles. The van der Waals surface area contributed by atoms with Crippen LogP contribution in [0.5, 0.6) is 0 Å². The maximum Gasteiger partial charge on any atom is 0.203 e. The van der Waals surface area contributed by atoms with Crippen LogP contribution in [0.3, 0.4) is 0 Å². The average Bonchev–Trinajstić information content (AvgIpc) is 2.73. The standard InChI is InChI=1S/C11H13N3S2/c1-8(9-5-3-2-4-6-9)7-15-11-14-13-10(12)16-11/h2-6,8H,7H2,1H3,(H2,12,13). The van der Waals surface area contributed by atoms with Crippen molar-refractivity contribution in [1.82, 2.24) is 10.2 Å². The number of nitrogens with two attached hydrogens (primary N) is 1. The Labute approximate surface area is 103 Å². The SMILES string of the molecule is CC(CSc1nnc(N)s1)c1ccccc1. The molecule has 0 bridgehead atoms. The molecule has 84 valence electrons. The first-order valence-corrected chi connectivity index (χ1v) is 6.82. The van der Waals surface area contributed by atoms with Crippen molar-refractivity contribution in [3.63, 3.8) is 0 Å². The van der Waals surface area contributed by atoms with Crippen molar-refractivity contribution in [3.8, 4) is 0 Å². The van der Waals surface area contributed by atoms with Crippen LogP contribution in [0.2, 0.25) is 0 Å². The van der Waals surface area contributed by atoms with Gasteiger partial charge in [0.1, 0.15) is 0 Å². The van der Waals surface area contributed by atoms with Crippen LogP contribution in [0.4, 0.5) is 5.13 Å². The predicted molar refractivity (Wildman–Crippen MR) is 69.9 cm³/mol. The van der Waals surface area contributed by atoms with Gasteiger partial charge >= 0.3 is 0 Å². The van der Waals surface area contributed by atoms with E-state index in [0.29, 0.717) is 11.0 Å². The maximum absolute atomic E-state index is 5.53. The normalized spacial score (nSPS) is 12.6. The van der Waals surface area contributed by atoms with Crippen molar-refractivity contribution in [2.45, 2.75) is 17.2 Å². The summed E-state index contributed by atoms with van der Waals surface area (Å²) in [5, 5.41) is 8.32. The zero-order chi connectivity index (χ0) is 11.4. The molecular weight excluding hydrogens is 238 g/mol. The third-order valence-electron chi connectivity index (χ3n) is 2.25. The van der Waals surface area contributed by atoms with E-state index in [0.717, 1.165) is 10.1 Å². The minimum absolute atomic E-state index is 0.510. The van der Waals surface area contributed by atoms with Gasteiger partial charge in [0.2, 0.25) is 5.13 Å². The van der Waals surface area contributed by atoms with E-state index in [9.17, 15) is 0 Å². The van der Waals surface area contributed by atoms with E-state index in [2.05, 4.69) is 41.4 Å². The van der Waals surface area contributed by atoms with Crippen molar-refractivity contribution < 1.29 is 0 Å². The molecule has 1 unspecified atom stereocenters. The highest BCUT2D eigenvalue weighted by Gasteiger charge is 2.08. The lowest BCUT2D eigenvalue weighted by Gasteiger charge is -2.09. The van der Waals surface area contributed by atoms with Crippen LogP contribution in [0, 0.1) is 0 Å². The predicted octanol–water partition coefficient (Wildman–Crippen LogP) is 3.02. The van der Waals surface area contributed by atoms with E-state index in [4.69, 9.17) is 5.73 Å². The van der Waals surface area contributed by atoms with Gasteiger partial charge in [-0.2, -0.15) is 0 Å². The van der Waals surface area contributed by atoms with Crippen LogP contribution in [-0.2, 0) is 0 Å². The molecule has 0 aliphatic rings. The Morgan fingerprint density at radius 1 is 1.31 bits per heavy atom. The number of hydrogen-bond donors (Lipinski definition) is 1. The Hall–Kier alpha value is -1.07. The first-order valence-electron chi connectivity index (χ1n) is 5.02. The maximum atomic E-state index is 5.53. The molecule has 0 saturated carbocycles. The summed E-state index contributed by atoms with van der Waals surface area (Å²) in [4.78, 5) is 0. The Bertz CT molecular complexity index is 442. The summed E-state index contributed by atoms with van der Waals surface area (Å²) in [7, 11) is 0. The van der Waals surface area contributed by atoms with Crippen molar-refractivity contribution in [3.05, 3.63) is 35.9 Å². The number of anilines is 1. The van der Waals surface area contributed by atoms with Gasteiger partial charge in [-0.25, -0.2) is 0 Å². The molecule has 0 amide bonds. The Balaban J connectivity index is 1.91.